The van der Waals surface area contributed by atoms with Gasteiger partial charge >= 0.3 is 6.18 Å². The van der Waals surface area contributed by atoms with Crippen molar-refractivity contribution >= 4 is 11.6 Å². The zero-order chi connectivity index (χ0) is 16.7. The van der Waals surface area contributed by atoms with Crippen LogP contribution >= 0.6 is 0 Å². The normalized spacial score (nSPS) is 25.7. The van der Waals surface area contributed by atoms with Crippen LogP contribution in [0.1, 0.15) is 38.3 Å². The van der Waals surface area contributed by atoms with Gasteiger partial charge in [0, 0.05) is 18.0 Å². The Labute approximate surface area is 130 Å². The van der Waals surface area contributed by atoms with Gasteiger partial charge in [0.1, 0.15) is 12.1 Å². The number of hydrogen-bond acceptors (Lipinski definition) is 5. The van der Waals surface area contributed by atoms with Crippen LogP contribution in [0.25, 0.3) is 5.78 Å². The molecule has 3 rings (SSSR count). The predicted molar refractivity (Wildman–Crippen MR) is 76.9 cm³/mol. The lowest BCUT2D eigenvalue weighted by Gasteiger charge is -2.38. The molecule has 0 saturated heterocycles. The van der Waals surface area contributed by atoms with Gasteiger partial charge in [0.05, 0.1) is 6.10 Å². The smallest absolute Gasteiger partial charge is 0.392 e. The van der Waals surface area contributed by atoms with Crippen LogP contribution in [0, 0.1) is 5.41 Å². The molecule has 2 unspecified atom stereocenters. The number of aliphatic hydroxyl groups excluding tert-OH is 1. The minimum absolute atomic E-state index is 0.114. The Balaban J connectivity index is 1.88. The fourth-order valence-electron chi connectivity index (χ4n) is 2.96. The highest BCUT2D eigenvalue weighted by atomic mass is 19.4. The van der Waals surface area contributed by atoms with Gasteiger partial charge in [-0.2, -0.15) is 27.8 Å². The summed E-state index contributed by atoms with van der Waals surface area (Å²) in [5.74, 6) is 0.0514. The van der Waals surface area contributed by atoms with E-state index >= 15 is 0 Å². The van der Waals surface area contributed by atoms with Crippen LogP contribution in [0.2, 0.25) is 0 Å². The first-order valence-corrected chi connectivity index (χ1v) is 7.49. The van der Waals surface area contributed by atoms with Crippen molar-refractivity contribution in [3.05, 3.63) is 18.1 Å². The molecule has 0 radical (unpaired) electrons. The van der Waals surface area contributed by atoms with E-state index in [-0.39, 0.29) is 17.0 Å². The molecule has 1 saturated carbocycles. The van der Waals surface area contributed by atoms with Crippen LogP contribution in [0.5, 0.6) is 0 Å². The van der Waals surface area contributed by atoms with E-state index in [1.807, 2.05) is 6.92 Å². The molecule has 0 amide bonds. The van der Waals surface area contributed by atoms with Crippen LogP contribution in [0.15, 0.2) is 12.4 Å². The lowest BCUT2D eigenvalue weighted by Crippen LogP contribution is -2.41. The van der Waals surface area contributed by atoms with Crippen LogP contribution in [0.4, 0.5) is 19.0 Å². The average Bonchev–Trinajstić information content (AvgIpc) is 2.95. The average molecular weight is 329 g/mol. The molecule has 2 N–H and O–H groups in total. The van der Waals surface area contributed by atoms with E-state index in [4.69, 9.17) is 0 Å². The second-order valence-electron chi connectivity index (χ2n) is 6.27. The fraction of sp³-hybridized carbons (Fsp3) is 0.643. The molecule has 9 heteroatoms. The molecule has 0 aliphatic heterocycles. The van der Waals surface area contributed by atoms with Crippen LogP contribution in [0.3, 0.4) is 0 Å². The van der Waals surface area contributed by atoms with Crippen molar-refractivity contribution in [2.45, 2.75) is 44.9 Å². The summed E-state index contributed by atoms with van der Waals surface area (Å²) in [6.45, 7) is 2.29. The summed E-state index contributed by atoms with van der Waals surface area (Å²) in [7, 11) is 0. The van der Waals surface area contributed by atoms with E-state index in [0.29, 0.717) is 13.0 Å². The molecule has 6 nitrogen and oxygen atoms in total. The van der Waals surface area contributed by atoms with Gasteiger partial charge in [0.15, 0.2) is 5.69 Å². The monoisotopic (exact) mass is 329 g/mol. The summed E-state index contributed by atoms with van der Waals surface area (Å²) >= 11 is 0. The van der Waals surface area contributed by atoms with Gasteiger partial charge in [-0.3, -0.25) is 0 Å². The molecule has 2 aromatic heterocycles. The maximum Gasteiger partial charge on any atom is 0.433 e. The Morgan fingerprint density at radius 1 is 1.43 bits per heavy atom. The molecule has 2 atom stereocenters. The largest absolute Gasteiger partial charge is 0.433 e. The maximum atomic E-state index is 12.9. The molecule has 126 valence electrons. The topological polar surface area (TPSA) is 75.3 Å². The van der Waals surface area contributed by atoms with E-state index in [1.54, 1.807) is 0 Å². The molecule has 23 heavy (non-hydrogen) atoms. The molecule has 0 aromatic carbocycles. The number of aliphatic hydroxyl groups is 1. The first-order valence-electron chi connectivity index (χ1n) is 7.49. The quantitative estimate of drug-likeness (QED) is 0.905. The van der Waals surface area contributed by atoms with E-state index < -0.39 is 18.0 Å². The van der Waals surface area contributed by atoms with Crippen molar-refractivity contribution in [3.8, 4) is 0 Å². The Bertz CT molecular complexity index is 701. The van der Waals surface area contributed by atoms with Gasteiger partial charge in [-0.1, -0.05) is 19.8 Å². The number of alkyl halides is 3. The Hall–Kier alpha value is -1.90. The molecule has 1 aliphatic carbocycles. The number of rotatable bonds is 3. The predicted octanol–water partition coefficient (Wildman–Crippen LogP) is 2.50. The third kappa shape index (κ3) is 3.10. The third-order valence-electron chi connectivity index (χ3n) is 4.50. The molecule has 1 aliphatic rings. The highest BCUT2D eigenvalue weighted by molar-refractivity contribution is 5.45. The first kappa shape index (κ1) is 16.0. The Morgan fingerprint density at radius 2 is 2.22 bits per heavy atom. The third-order valence-corrected chi connectivity index (χ3v) is 4.50. The first-order chi connectivity index (χ1) is 10.8. The second kappa shape index (κ2) is 5.63. The minimum Gasteiger partial charge on any atom is -0.392 e. The number of anilines is 1. The molecule has 2 aromatic rings. The van der Waals surface area contributed by atoms with Gasteiger partial charge in [-0.15, -0.1) is 0 Å². The summed E-state index contributed by atoms with van der Waals surface area (Å²) in [5.41, 5.74) is -1.40. The summed E-state index contributed by atoms with van der Waals surface area (Å²) < 4.78 is 40.1. The lowest BCUT2D eigenvalue weighted by atomic mass is 9.73. The van der Waals surface area contributed by atoms with E-state index in [9.17, 15) is 18.3 Å². The SMILES string of the molecule is CC1(CNc2cc(C(F)(F)F)nc3ncnn23)CCCCC1O. The van der Waals surface area contributed by atoms with Gasteiger partial charge in [-0.05, 0) is 12.8 Å². The van der Waals surface area contributed by atoms with Gasteiger partial charge < -0.3 is 10.4 Å². The van der Waals surface area contributed by atoms with Gasteiger partial charge in [0.25, 0.3) is 5.78 Å². The summed E-state index contributed by atoms with van der Waals surface area (Å²) in [5, 5.41) is 17.1. The van der Waals surface area contributed by atoms with E-state index in [2.05, 4.69) is 20.4 Å². The molecule has 0 bridgehead atoms. The van der Waals surface area contributed by atoms with E-state index in [1.165, 1.54) is 4.52 Å². The van der Waals surface area contributed by atoms with Crippen LogP contribution < -0.4 is 5.32 Å². The van der Waals surface area contributed by atoms with Crippen LogP contribution in [-0.2, 0) is 6.18 Å². The number of aromatic nitrogens is 4. The number of fused-ring (bicyclic) bond motifs is 1. The lowest BCUT2D eigenvalue weighted by molar-refractivity contribution is -0.141. The standard InChI is InChI=1S/C14H18F3N5O/c1-13(5-3-2-4-10(13)23)7-18-11-6-9(14(15,16)17)21-12-19-8-20-22(11)12/h6,8,10,18,23H,2-5,7H2,1H3. The number of halogens is 3. The summed E-state index contributed by atoms with van der Waals surface area (Å²) in [6.07, 6.45) is -0.377. The molecule has 0 spiro atoms. The van der Waals surface area contributed by atoms with E-state index in [0.717, 1.165) is 31.7 Å². The number of hydrogen-bond donors (Lipinski definition) is 2. The highest BCUT2D eigenvalue weighted by Gasteiger charge is 2.36. The van der Waals surface area contributed by atoms with Gasteiger partial charge in [0.2, 0.25) is 0 Å². The van der Waals surface area contributed by atoms with Crippen molar-refractivity contribution in [2.75, 3.05) is 11.9 Å². The number of nitrogens with zero attached hydrogens (tertiary/aromatic N) is 4. The highest BCUT2D eigenvalue weighted by Crippen LogP contribution is 2.36. The molecular weight excluding hydrogens is 311 g/mol. The van der Waals surface area contributed by atoms with Crippen molar-refractivity contribution in [3.63, 3.8) is 0 Å². The summed E-state index contributed by atoms with van der Waals surface area (Å²) in [4.78, 5) is 7.20. The fourth-order valence-corrected chi connectivity index (χ4v) is 2.96. The molecule has 1 fully saturated rings. The minimum atomic E-state index is -4.56. The summed E-state index contributed by atoms with van der Waals surface area (Å²) in [6, 6.07) is 0.917. The molecule has 2 heterocycles. The maximum absolute atomic E-state index is 12.9. The van der Waals surface area contributed by atoms with Gasteiger partial charge in [-0.25, -0.2) is 4.98 Å². The van der Waals surface area contributed by atoms with Crippen molar-refractivity contribution in [1.82, 2.24) is 19.6 Å². The molecular formula is C14H18F3N5O. The van der Waals surface area contributed by atoms with Crippen molar-refractivity contribution in [2.24, 2.45) is 5.41 Å². The zero-order valence-corrected chi connectivity index (χ0v) is 12.6. The Morgan fingerprint density at radius 3 is 2.91 bits per heavy atom. The second-order valence-corrected chi connectivity index (χ2v) is 6.27. The van der Waals surface area contributed by atoms with Crippen molar-refractivity contribution < 1.29 is 18.3 Å². The van der Waals surface area contributed by atoms with Crippen LogP contribution in [-0.4, -0.2) is 37.3 Å². The Kier molecular flexibility index (Phi) is 3.91. The zero-order valence-electron chi connectivity index (χ0n) is 12.6. The van der Waals surface area contributed by atoms with Crippen molar-refractivity contribution in [1.29, 1.82) is 0 Å². The number of nitrogens with one attached hydrogen (secondary N) is 1.